The summed E-state index contributed by atoms with van der Waals surface area (Å²) >= 11 is 5.03. The van der Waals surface area contributed by atoms with Gasteiger partial charge in [0.25, 0.3) is 5.91 Å². The number of rotatable bonds is 7. The lowest BCUT2D eigenvalue weighted by Crippen LogP contribution is -2.42. The van der Waals surface area contributed by atoms with Crippen LogP contribution >= 0.6 is 27.3 Å². The summed E-state index contributed by atoms with van der Waals surface area (Å²) in [5, 5.41) is 10.5. The van der Waals surface area contributed by atoms with Crippen molar-refractivity contribution in [1.29, 1.82) is 0 Å². The Morgan fingerprint density at radius 2 is 2.08 bits per heavy atom. The van der Waals surface area contributed by atoms with Crippen molar-refractivity contribution in [2.24, 2.45) is 7.05 Å². The van der Waals surface area contributed by atoms with Crippen LogP contribution in [0.15, 0.2) is 53.1 Å². The smallest absolute Gasteiger partial charge is 0.261 e. The molecule has 0 aliphatic rings. The number of nitrogens with zero attached hydrogens (tertiary/aromatic N) is 2. The second-order valence-electron chi connectivity index (χ2n) is 6.05. The summed E-state index contributed by atoms with van der Waals surface area (Å²) in [6, 6.07) is 14.0. The minimum atomic E-state index is -0.0553. The second-order valence-corrected chi connectivity index (χ2v) is 7.95. The van der Waals surface area contributed by atoms with Gasteiger partial charge in [0.1, 0.15) is 0 Å². The lowest BCUT2D eigenvalue weighted by atomic mass is 10.1. The molecule has 1 atom stereocenters. The number of aryl methyl sites for hydroxylation is 1. The van der Waals surface area contributed by atoms with Crippen molar-refractivity contribution in [3.63, 3.8) is 0 Å². The van der Waals surface area contributed by atoms with Gasteiger partial charge in [-0.05, 0) is 47.1 Å². The van der Waals surface area contributed by atoms with Crippen LogP contribution < -0.4 is 10.6 Å². The number of nitrogens with one attached hydrogen (secondary N) is 2. The monoisotopic (exact) mass is 432 g/mol. The van der Waals surface area contributed by atoms with E-state index in [4.69, 9.17) is 0 Å². The third kappa shape index (κ3) is 4.41. The van der Waals surface area contributed by atoms with Crippen molar-refractivity contribution in [3.05, 3.63) is 63.6 Å². The molecule has 5 nitrogen and oxygen atoms in total. The van der Waals surface area contributed by atoms with E-state index < -0.39 is 0 Å². The zero-order valence-corrected chi connectivity index (χ0v) is 17.1. The van der Waals surface area contributed by atoms with Gasteiger partial charge in [-0.3, -0.25) is 9.48 Å². The lowest BCUT2D eigenvalue weighted by Gasteiger charge is -2.18. The van der Waals surface area contributed by atoms with Gasteiger partial charge in [-0.1, -0.05) is 30.3 Å². The maximum Gasteiger partial charge on any atom is 0.261 e. The first-order valence-electron chi connectivity index (χ1n) is 8.35. The van der Waals surface area contributed by atoms with Gasteiger partial charge in [0.05, 0.1) is 15.4 Å². The molecule has 0 aliphatic carbocycles. The van der Waals surface area contributed by atoms with Crippen molar-refractivity contribution in [2.75, 3.05) is 13.6 Å². The number of carbonyl (C=O) groups is 1. The third-order valence-electron chi connectivity index (χ3n) is 4.07. The molecule has 136 valence electrons. The molecule has 1 amide bonds. The summed E-state index contributed by atoms with van der Waals surface area (Å²) in [6.07, 6.45) is 2.54. The van der Waals surface area contributed by atoms with Crippen LogP contribution in [0.3, 0.4) is 0 Å². The number of halogens is 1. The molecule has 0 spiro atoms. The van der Waals surface area contributed by atoms with Crippen molar-refractivity contribution in [1.82, 2.24) is 20.4 Å². The van der Waals surface area contributed by atoms with E-state index in [1.54, 1.807) is 10.9 Å². The molecule has 2 heterocycles. The van der Waals surface area contributed by atoms with Crippen molar-refractivity contribution in [2.45, 2.75) is 12.5 Å². The standard InChI is InChI=1S/C19H21BrN4OS/c1-21-12-14(10-13-6-4-3-5-7-13)23-19(25)17-11-15(20)18(26-17)16-8-9-22-24(16)2/h3-9,11,14,21H,10,12H2,1-2H3,(H,23,25). The van der Waals surface area contributed by atoms with Gasteiger partial charge < -0.3 is 10.6 Å². The maximum atomic E-state index is 12.8. The number of thiophene rings is 1. The van der Waals surface area contributed by atoms with E-state index in [0.29, 0.717) is 11.4 Å². The number of hydrogen-bond donors (Lipinski definition) is 2. The fourth-order valence-electron chi connectivity index (χ4n) is 2.83. The Bertz CT molecular complexity index is 875. The summed E-state index contributed by atoms with van der Waals surface area (Å²) in [7, 11) is 3.79. The average Bonchev–Trinajstić information content (AvgIpc) is 3.21. The molecule has 1 unspecified atom stereocenters. The molecule has 3 aromatic rings. The van der Waals surface area contributed by atoms with Crippen molar-refractivity contribution < 1.29 is 4.79 Å². The zero-order valence-electron chi connectivity index (χ0n) is 14.7. The summed E-state index contributed by atoms with van der Waals surface area (Å²) in [6.45, 7) is 0.710. The molecular formula is C19H21BrN4OS. The van der Waals surface area contributed by atoms with Gasteiger partial charge in [-0.15, -0.1) is 11.3 Å². The molecule has 3 rings (SSSR count). The predicted molar refractivity (Wildman–Crippen MR) is 110 cm³/mol. The number of carbonyl (C=O) groups excluding carboxylic acids is 1. The maximum absolute atomic E-state index is 12.8. The summed E-state index contributed by atoms with van der Waals surface area (Å²) in [5.74, 6) is -0.0553. The molecule has 2 N–H and O–H groups in total. The number of benzene rings is 1. The highest BCUT2D eigenvalue weighted by atomic mass is 79.9. The highest BCUT2D eigenvalue weighted by molar-refractivity contribution is 9.10. The number of aromatic nitrogens is 2. The molecule has 0 radical (unpaired) electrons. The predicted octanol–water partition coefficient (Wildman–Crippen LogP) is 3.47. The summed E-state index contributed by atoms with van der Waals surface area (Å²) in [5.41, 5.74) is 2.19. The van der Waals surface area contributed by atoms with Crippen LogP contribution in [0, 0.1) is 0 Å². The van der Waals surface area contributed by atoms with E-state index in [-0.39, 0.29) is 11.9 Å². The zero-order chi connectivity index (χ0) is 18.5. The first-order valence-corrected chi connectivity index (χ1v) is 9.96. The molecule has 0 saturated heterocycles. The second kappa shape index (κ2) is 8.62. The third-order valence-corrected chi connectivity index (χ3v) is 6.12. The summed E-state index contributed by atoms with van der Waals surface area (Å²) in [4.78, 5) is 14.5. The van der Waals surface area contributed by atoms with Crippen LogP contribution in [0.1, 0.15) is 15.2 Å². The van der Waals surface area contributed by atoms with Gasteiger partial charge in [0.15, 0.2) is 0 Å². The van der Waals surface area contributed by atoms with E-state index in [9.17, 15) is 4.79 Å². The van der Waals surface area contributed by atoms with E-state index in [0.717, 1.165) is 21.5 Å². The van der Waals surface area contributed by atoms with E-state index in [1.165, 1.54) is 16.9 Å². The van der Waals surface area contributed by atoms with E-state index >= 15 is 0 Å². The van der Waals surface area contributed by atoms with Crippen LogP contribution in [0.25, 0.3) is 10.6 Å². The Morgan fingerprint density at radius 3 is 2.73 bits per heavy atom. The van der Waals surface area contributed by atoms with Gasteiger partial charge in [0.2, 0.25) is 0 Å². The fraction of sp³-hybridized carbons (Fsp3) is 0.263. The number of likely N-dealkylation sites (N-methyl/N-ethyl adjacent to an activating group) is 1. The molecule has 2 aromatic heterocycles. The van der Waals surface area contributed by atoms with E-state index in [2.05, 4.69) is 43.8 Å². The minimum absolute atomic E-state index is 0.0240. The average molecular weight is 433 g/mol. The fourth-order valence-corrected chi connectivity index (χ4v) is 4.66. The van der Waals surface area contributed by atoms with Crippen LogP contribution in [0.2, 0.25) is 0 Å². The normalized spacial score (nSPS) is 12.1. The minimum Gasteiger partial charge on any atom is -0.347 e. The molecule has 26 heavy (non-hydrogen) atoms. The highest BCUT2D eigenvalue weighted by Gasteiger charge is 2.19. The molecule has 7 heteroatoms. The van der Waals surface area contributed by atoms with Crippen LogP contribution in [0.5, 0.6) is 0 Å². The largest absolute Gasteiger partial charge is 0.347 e. The summed E-state index contributed by atoms with van der Waals surface area (Å²) < 4.78 is 2.71. The Hall–Kier alpha value is -1.96. The van der Waals surface area contributed by atoms with Gasteiger partial charge in [-0.25, -0.2) is 0 Å². The topological polar surface area (TPSA) is 58.9 Å². The molecule has 0 bridgehead atoms. The number of amides is 1. The quantitative estimate of drug-likeness (QED) is 0.600. The Morgan fingerprint density at radius 1 is 1.31 bits per heavy atom. The Labute approximate surface area is 165 Å². The molecule has 1 aromatic carbocycles. The first-order chi connectivity index (χ1) is 12.6. The molecule has 0 fully saturated rings. The van der Waals surface area contributed by atoms with Gasteiger partial charge in [0, 0.05) is 30.3 Å². The van der Waals surface area contributed by atoms with Gasteiger partial charge >= 0.3 is 0 Å². The SMILES string of the molecule is CNCC(Cc1ccccc1)NC(=O)c1cc(Br)c(-c2ccnn2C)s1. The number of hydrogen-bond acceptors (Lipinski definition) is 4. The van der Waals surface area contributed by atoms with Crippen LogP contribution in [-0.4, -0.2) is 35.3 Å². The van der Waals surface area contributed by atoms with Gasteiger partial charge in [-0.2, -0.15) is 5.10 Å². The highest BCUT2D eigenvalue weighted by Crippen LogP contribution is 2.36. The first kappa shape index (κ1) is 18.8. The van der Waals surface area contributed by atoms with E-state index in [1.807, 2.05) is 44.4 Å². The van der Waals surface area contributed by atoms with Crippen LogP contribution in [0.4, 0.5) is 0 Å². The molecule has 0 aliphatic heterocycles. The van der Waals surface area contributed by atoms with Crippen molar-refractivity contribution >= 4 is 33.2 Å². The Kier molecular flexibility index (Phi) is 6.24. The lowest BCUT2D eigenvalue weighted by molar-refractivity contribution is 0.0941. The van der Waals surface area contributed by atoms with Crippen molar-refractivity contribution in [3.8, 4) is 10.6 Å². The Balaban J connectivity index is 1.74. The molecular weight excluding hydrogens is 412 g/mol. The molecule has 0 saturated carbocycles. The van der Waals surface area contributed by atoms with Crippen LogP contribution in [-0.2, 0) is 13.5 Å².